The number of hydrogen-bond donors (Lipinski definition) is 1. The molecule has 3 rings (SSSR count). The van der Waals surface area contributed by atoms with Gasteiger partial charge in [0.15, 0.2) is 0 Å². The Morgan fingerprint density at radius 1 is 1.43 bits per heavy atom. The predicted octanol–water partition coefficient (Wildman–Crippen LogP) is 3.26. The Morgan fingerprint density at radius 3 is 2.83 bits per heavy atom. The van der Waals surface area contributed by atoms with Crippen molar-refractivity contribution < 1.29 is 0 Å². The van der Waals surface area contributed by atoms with Crippen molar-refractivity contribution in [2.24, 2.45) is 0 Å². The van der Waals surface area contributed by atoms with Crippen LogP contribution < -0.4 is 5.32 Å². The number of nitrogens with zero attached hydrogens (tertiary/aromatic N) is 4. The molecule has 0 bridgehead atoms. The number of anilines is 1. The number of allylic oxidation sites excluding steroid dienone is 2. The zero-order chi connectivity index (χ0) is 16.6. The normalized spacial score (nSPS) is 13.0. The molecule has 118 valence electrons. The van der Waals surface area contributed by atoms with Gasteiger partial charge in [-0.3, -0.25) is 9.67 Å². The van der Waals surface area contributed by atoms with Crippen LogP contribution in [0.15, 0.2) is 18.3 Å². The van der Waals surface area contributed by atoms with Gasteiger partial charge in [-0.25, -0.2) is 0 Å². The van der Waals surface area contributed by atoms with E-state index in [9.17, 15) is 5.26 Å². The quantitative estimate of drug-likeness (QED) is 0.941. The lowest BCUT2D eigenvalue weighted by molar-refractivity contribution is 0.518. The first-order valence-corrected chi connectivity index (χ1v) is 7.89. The van der Waals surface area contributed by atoms with E-state index in [1.165, 1.54) is 11.3 Å². The maximum Gasteiger partial charge on any atom is 0.0996 e. The third kappa shape index (κ3) is 2.61. The summed E-state index contributed by atoms with van der Waals surface area (Å²) in [5, 5.41) is 16.9. The van der Waals surface area contributed by atoms with Crippen LogP contribution in [0, 0.1) is 18.3 Å². The molecule has 5 nitrogen and oxygen atoms in total. The third-order valence-corrected chi connectivity index (χ3v) is 4.31. The largest absolute Gasteiger partial charge is 0.387 e. The van der Waals surface area contributed by atoms with Gasteiger partial charge < -0.3 is 5.32 Å². The van der Waals surface area contributed by atoms with E-state index >= 15 is 0 Å². The van der Waals surface area contributed by atoms with Crippen LogP contribution in [0.1, 0.15) is 48.1 Å². The van der Waals surface area contributed by atoms with Crippen molar-refractivity contribution in [3.63, 3.8) is 0 Å². The lowest BCUT2D eigenvalue weighted by atomic mass is 10.0. The number of nitrogens with one attached hydrogen (secondary N) is 1. The second kappa shape index (κ2) is 5.88. The van der Waals surface area contributed by atoms with Crippen molar-refractivity contribution in [1.29, 1.82) is 5.26 Å². The number of hydrogen-bond acceptors (Lipinski definition) is 4. The van der Waals surface area contributed by atoms with Gasteiger partial charge in [0.05, 0.1) is 23.5 Å². The highest BCUT2D eigenvalue weighted by Crippen LogP contribution is 2.33. The van der Waals surface area contributed by atoms with Gasteiger partial charge >= 0.3 is 0 Å². The smallest absolute Gasteiger partial charge is 0.0996 e. The van der Waals surface area contributed by atoms with E-state index < -0.39 is 0 Å². The van der Waals surface area contributed by atoms with E-state index in [1.807, 2.05) is 30.1 Å². The van der Waals surface area contributed by atoms with E-state index in [0.29, 0.717) is 11.6 Å². The van der Waals surface area contributed by atoms with Gasteiger partial charge in [0.1, 0.15) is 0 Å². The molecule has 23 heavy (non-hydrogen) atoms. The highest BCUT2D eigenvalue weighted by Gasteiger charge is 2.21. The monoisotopic (exact) mass is 307 g/mol. The van der Waals surface area contributed by atoms with Gasteiger partial charge in [0.25, 0.3) is 0 Å². The Balaban J connectivity index is 1.96. The fourth-order valence-electron chi connectivity index (χ4n) is 3.14. The lowest BCUT2D eigenvalue weighted by Crippen LogP contribution is -2.06. The van der Waals surface area contributed by atoms with Gasteiger partial charge in [-0.1, -0.05) is 6.08 Å². The highest BCUT2D eigenvalue weighted by molar-refractivity contribution is 5.88. The fourth-order valence-corrected chi connectivity index (χ4v) is 3.14. The molecule has 0 aromatic carbocycles. The fraction of sp³-hybridized carbons (Fsp3) is 0.389. The molecule has 0 radical (unpaired) electrons. The summed E-state index contributed by atoms with van der Waals surface area (Å²) in [6.45, 7) is 6.36. The highest BCUT2D eigenvalue weighted by atomic mass is 15.3. The molecule has 0 spiro atoms. The zero-order valence-electron chi connectivity index (χ0n) is 14.0. The zero-order valence-corrected chi connectivity index (χ0v) is 14.0. The van der Waals surface area contributed by atoms with Gasteiger partial charge in [0, 0.05) is 48.6 Å². The number of pyridine rings is 1. The van der Waals surface area contributed by atoms with Crippen LogP contribution in [0.5, 0.6) is 0 Å². The molecule has 0 saturated carbocycles. The molecule has 2 aromatic heterocycles. The minimum atomic E-state index is 0.354. The lowest BCUT2D eigenvalue weighted by Gasteiger charge is -2.12. The maximum atomic E-state index is 9.24. The Morgan fingerprint density at radius 2 is 2.22 bits per heavy atom. The van der Waals surface area contributed by atoms with Crippen LogP contribution in [0.3, 0.4) is 0 Å². The van der Waals surface area contributed by atoms with E-state index in [-0.39, 0.29) is 0 Å². The van der Waals surface area contributed by atoms with Crippen LogP contribution in [0.25, 0.3) is 5.57 Å². The standard InChI is InChI=1S/C18H21N5/c1-11(2)23-12(3)14(10-21-23)7-15-8-17(20-4)18-13(9-19)5-6-16(18)22-15/h5,8,10-11H,6-7H2,1-4H3,(H,20,22). The summed E-state index contributed by atoms with van der Waals surface area (Å²) >= 11 is 0. The molecule has 2 aromatic rings. The summed E-state index contributed by atoms with van der Waals surface area (Å²) in [6, 6.07) is 4.65. The van der Waals surface area contributed by atoms with Crippen LogP contribution in [-0.4, -0.2) is 21.8 Å². The molecular formula is C18H21N5. The topological polar surface area (TPSA) is 66.5 Å². The number of aromatic nitrogens is 3. The van der Waals surface area contributed by atoms with E-state index in [4.69, 9.17) is 4.98 Å². The number of nitriles is 1. The van der Waals surface area contributed by atoms with Crippen LogP contribution >= 0.6 is 0 Å². The molecule has 1 N–H and O–H groups in total. The van der Waals surface area contributed by atoms with Crippen molar-refractivity contribution in [3.05, 3.63) is 46.5 Å². The van der Waals surface area contributed by atoms with Crippen LogP contribution in [0.2, 0.25) is 0 Å². The molecule has 2 heterocycles. The van der Waals surface area contributed by atoms with Crippen molar-refractivity contribution in [2.75, 3.05) is 12.4 Å². The van der Waals surface area contributed by atoms with Crippen LogP contribution in [0.4, 0.5) is 5.69 Å². The van der Waals surface area contributed by atoms with E-state index in [2.05, 4.69) is 37.3 Å². The summed E-state index contributed by atoms with van der Waals surface area (Å²) in [6.07, 6.45) is 5.36. The summed E-state index contributed by atoms with van der Waals surface area (Å²) < 4.78 is 2.04. The van der Waals surface area contributed by atoms with Crippen molar-refractivity contribution in [3.8, 4) is 6.07 Å². The number of fused-ring (bicyclic) bond motifs is 1. The molecular weight excluding hydrogens is 286 g/mol. The minimum absolute atomic E-state index is 0.354. The van der Waals surface area contributed by atoms with Crippen molar-refractivity contribution in [1.82, 2.24) is 14.8 Å². The average molecular weight is 307 g/mol. The Kier molecular flexibility index (Phi) is 3.91. The van der Waals surface area contributed by atoms with Gasteiger partial charge in [-0.15, -0.1) is 0 Å². The first kappa shape index (κ1) is 15.3. The molecule has 0 unspecified atom stereocenters. The summed E-state index contributed by atoms with van der Waals surface area (Å²) in [4.78, 5) is 4.77. The summed E-state index contributed by atoms with van der Waals surface area (Å²) in [7, 11) is 1.88. The first-order chi connectivity index (χ1) is 11.0. The van der Waals surface area contributed by atoms with Crippen LogP contribution in [-0.2, 0) is 12.8 Å². The number of rotatable bonds is 4. The Hall–Kier alpha value is -2.61. The second-order valence-electron chi connectivity index (χ2n) is 6.14. The van der Waals surface area contributed by atoms with E-state index in [1.54, 1.807) is 0 Å². The molecule has 0 amide bonds. The summed E-state index contributed by atoms with van der Waals surface area (Å²) in [5.74, 6) is 0. The first-order valence-electron chi connectivity index (χ1n) is 7.89. The molecule has 5 heteroatoms. The molecule has 0 aliphatic heterocycles. The summed E-state index contributed by atoms with van der Waals surface area (Å²) in [5.41, 5.74) is 7.01. The average Bonchev–Trinajstić information content (AvgIpc) is 3.10. The maximum absolute atomic E-state index is 9.24. The molecule has 0 atom stereocenters. The van der Waals surface area contributed by atoms with Gasteiger partial charge in [-0.2, -0.15) is 10.4 Å². The second-order valence-corrected chi connectivity index (χ2v) is 6.14. The predicted molar refractivity (Wildman–Crippen MR) is 91.2 cm³/mol. The molecule has 1 aliphatic rings. The SMILES string of the molecule is CNc1cc(Cc2cnn(C(C)C)c2C)nc2c1C(C#N)=CC2. The van der Waals surface area contributed by atoms with Gasteiger partial charge in [0.2, 0.25) is 0 Å². The van der Waals surface area contributed by atoms with Crippen molar-refractivity contribution in [2.45, 2.75) is 39.7 Å². The third-order valence-electron chi connectivity index (χ3n) is 4.31. The van der Waals surface area contributed by atoms with Gasteiger partial charge in [-0.05, 0) is 32.4 Å². The Labute approximate surface area is 136 Å². The Bertz CT molecular complexity index is 821. The van der Waals surface area contributed by atoms with E-state index in [0.717, 1.165) is 35.5 Å². The molecule has 0 fully saturated rings. The minimum Gasteiger partial charge on any atom is -0.387 e. The molecule has 0 saturated heterocycles. The molecule has 1 aliphatic carbocycles. The van der Waals surface area contributed by atoms with Crippen molar-refractivity contribution >= 4 is 11.3 Å².